The quantitative estimate of drug-likeness (QED) is 0.602. The first kappa shape index (κ1) is 25.9. The first-order valence-corrected chi connectivity index (χ1v) is 13.8. The van der Waals surface area contributed by atoms with E-state index in [1.54, 1.807) is 17.0 Å². The molecule has 0 radical (unpaired) electrons. The van der Waals surface area contributed by atoms with E-state index in [9.17, 15) is 13.2 Å². The van der Waals surface area contributed by atoms with Gasteiger partial charge in [0.25, 0.3) is 0 Å². The second-order valence-electron chi connectivity index (χ2n) is 9.00. The zero-order chi connectivity index (χ0) is 24.8. The fourth-order valence-corrected chi connectivity index (χ4v) is 6.56. The molecule has 2 aliphatic rings. The van der Waals surface area contributed by atoms with Crippen LogP contribution in [0.5, 0.6) is 0 Å². The minimum Gasteiger partial charge on any atom is -0.448 e. The maximum Gasteiger partial charge on any atom is 0.409 e. The van der Waals surface area contributed by atoms with Gasteiger partial charge in [0.2, 0.25) is 10.0 Å². The van der Waals surface area contributed by atoms with Gasteiger partial charge >= 0.3 is 6.09 Å². The third kappa shape index (κ3) is 6.34. The van der Waals surface area contributed by atoms with Crippen molar-refractivity contribution < 1.29 is 23.1 Å². The number of benzene rings is 2. The minimum absolute atomic E-state index is 0.00399. The number of hydrogen-bond acceptors (Lipinski definition) is 6. The molecule has 2 fully saturated rings. The summed E-state index contributed by atoms with van der Waals surface area (Å²) in [6.07, 6.45) is 0.963. The molecule has 0 bridgehead atoms. The molecule has 10 heteroatoms. The predicted molar refractivity (Wildman–Crippen MR) is 134 cm³/mol. The number of sulfonamides is 1. The van der Waals surface area contributed by atoms with Crippen LogP contribution in [0.4, 0.5) is 4.79 Å². The molecule has 1 N–H and O–H groups in total. The smallest absolute Gasteiger partial charge is 0.409 e. The highest BCUT2D eigenvalue weighted by atomic mass is 35.5. The van der Waals surface area contributed by atoms with Gasteiger partial charge in [-0.3, -0.25) is 4.90 Å². The van der Waals surface area contributed by atoms with Crippen LogP contribution < -0.4 is 0 Å². The predicted octanol–water partition coefficient (Wildman–Crippen LogP) is 3.02. The standard InChI is InChI=1S/C25H32ClN3O5S/c26-22-7-10-24(11-8-22)35(32,33)29-18-21(20-4-2-1-3-5-20)6-9-23(29)19-34-25(31)28-14-12-27(13-15-28)16-17-30/h1-5,7-8,10-11,21,23,30H,6,9,12-19H2/t21?,23-/m1/s1. The molecule has 0 saturated carbocycles. The number of aliphatic hydroxyl groups excluding tert-OH is 1. The highest BCUT2D eigenvalue weighted by Gasteiger charge is 2.38. The Balaban J connectivity index is 1.47. The van der Waals surface area contributed by atoms with Crippen LogP contribution >= 0.6 is 11.6 Å². The van der Waals surface area contributed by atoms with E-state index in [0.29, 0.717) is 50.7 Å². The van der Waals surface area contributed by atoms with E-state index in [1.807, 2.05) is 30.3 Å². The Labute approximate surface area is 212 Å². The number of rotatable bonds is 7. The average molecular weight is 522 g/mol. The molecule has 2 aliphatic heterocycles. The second kappa shape index (κ2) is 11.7. The Kier molecular flexibility index (Phi) is 8.67. The van der Waals surface area contributed by atoms with Crippen molar-refractivity contribution in [2.45, 2.75) is 29.7 Å². The SMILES string of the molecule is O=C(OC[C@H]1CCC(c2ccccc2)CN1S(=O)(=O)c1ccc(Cl)cc1)N1CCN(CCO)CC1. The van der Waals surface area contributed by atoms with E-state index in [-0.39, 0.29) is 24.0 Å². The van der Waals surface area contributed by atoms with Crippen LogP contribution in [0.1, 0.15) is 24.3 Å². The highest BCUT2D eigenvalue weighted by Crippen LogP contribution is 2.34. The van der Waals surface area contributed by atoms with Gasteiger partial charge in [-0.1, -0.05) is 41.9 Å². The maximum absolute atomic E-state index is 13.6. The molecular weight excluding hydrogens is 490 g/mol. The number of nitrogens with zero attached hydrogens (tertiary/aromatic N) is 3. The minimum atomic E-state index is -3.82. The molecule has 2 aromatic carbocycles. The Morgan fingerprint density at radius 2 is 1.69 bits per heavy atom. The third-order valence-corrected chi connectivity index (χ3v) is 8.98. The Morgan fingerprint density at radius 3 is 2.34 bits per heavy atom. The zero-order valence-corrected chi connectivity index (χ0v) is 21.2. The summed E-state index contributed by atoms with van der Waals surface area (Å²) in [6, 6.07) is 15.6. The molecule has 2 heterocycles. The Hall–Kier alpha value is -2.17. The number of aliphatic hydroxyl groups is 1. The number of ether oxygens (including phenoxy) is 1. The van der Waals surface area contributed by atoms with E-state index in [0.717, 1.165) is 12.0 Å². The number of hydrogen-bond donors (Lipinski definition) is 1. The van der Waals surface area contributed by atoms with Crippen molar-refractivity contribution >= 4 is 27.7 Å². The van der Waals surface area contributed by atoms with E-state index in [2.05, 4.69) is 4.90 Å². The summed E-state index contributed by atoms with van der Waals surface area (Å²) in [4.78, 5) is 16.6. The number of halogens is 1. The van der Waals surface area contributed by atoms with Crippen LogP contribution in [-0.2, 0) is 14.8 Å². The van der Waals surface area contributed by atoms with Crippen molar-refractivity contribution in [1.82, 2.24) is 14.1 Å². The molecule has 2 atom stereocenters. The molecule has 1 amide bonds. The molecule has 8 nitrogen and oxygen atoms in total. The van der Waals surface area contributed by atoms with Gasteiger partial charge in [0.1, 0.15) is 6.61 Å². The topological polar surface area (TPSA) is 90.4 Å². The summed E-state index contributed by atoms with van der Waals surface area (Å²) < 4.78 is 34.4. The summed E-state index contributed by atoms with van der Waals surface area (Å²) in [6.45, 7) is 3.39. The summed E-state index contributed by atoms with van der Waals surface area (Å²) in [5, 5.41) is 9.56. The largest absolute Gasteiger partial charge is 0.448 e. The highest BCUT2D eigenvalue weighted by molar-refractivity contribution is 7.89. The summed E-state index contributed by atoms with van der Waals surface area (Å²) in [7, 11) is -3.82. The van der Waals surface area contributed by atoms with Gasteiger partial charge in [-0.2, -0.15) is 4.31 Å². The average Bonchev–Trinajstić information content (AvgIpc) is 2.88. The first-order chi connectivity index (χ1) is 16.9. The van der Waals surface area contributed by atoms with Crippen molar-refractivity contribution in [3.63, 3.8) is 0 Å². The molecule has 1 unspecified atom stereocenters. The lowest BCUT2D eigenvalue weighted by molar-refractivity contribution is 0.0530. The summed E-state index contributed by atoms with van der Waals surface area (Å²) >= 11 is 5.98. The molecule has 190 valence electrons. The van der Waals surface area contributed by atoms with Crippen LogP contribution in [0.25, 0.3) is 0 Å². The van der Waals surface area contributed by atoms with Gasteiger partial charge in [0.15, 0.2) is 0 Å². The number of piperidine rings is 1. The van der Waals surface area contributed by atoms with E-state index in [4.69, 9.17) is 21.4 Å². The maximum atomic E-state index is 13.6. The molecule has 0 spiro atoms. The zero-order valence-electron chi connectivity index (χ0n) is 19.6. The second-order valence-corrected chi connectivity index (χ2v) is 11.3. The van der Waals surface area contributed by atoms with Crippen molar-refractivity contribution in [2.75, 3.05) is 52.5 Å². The fraction of sp³-hybridized carbons (Fsp3) is 0.480. The number of carbonyl (C=O) groups excluding carboxylic acids is 1. The van der Waals surface area contributed by atoms with Crippen LogP contribution in [0.15, 0.2) is 59.5 Å². The number of amides is 1. The van der Waals surface area contributed by atoms with E-state index in [1.165, 1.54) is 16.4 Å². The normalized spacial score (nSPS) is 22.2. The number of β-amino-alcohol motifs (C(OH)–C–C–N with tert-alkyl or cyclic N) is 1. The number of piperazine rings is 1. The van der Waals surface area contributed by atoms with Crippen LogP contribution in [0, 0.1) is 0 Å². The van der Waals surface area contributed by atoms with Gasteiger partial charge < -0.3 is 14.7 Å². The molecule has 35 heavy (non-hydrogen) atoms. The van der Waals surface area contributed by atoms with Crippen molar-refractivity contribution in [2.24, 2.45) is 0 Å². The number of carbonyl (C=O) groups is 1. The van der Waals surface area contributed by atoms with Gasteiger partial charge in [-0.25, -0.2) is 13.2 Å². The molecule has 0 aliphatic carbocycles. The van der Waals surface area contributed by atoms with Crippen molar-refractivity contribution in [3.05, 3.63) is 65.2 Å². The van der Waals surface area contributed by atoms with Crippen molar-refractivity contribution in [1.29, 1.82) is 0 Å². The van der Waals surface area contributed by atoms with E-state index < -0.39 is 22.2 Å². The summed E-state index contributed by atoms with van der Waals surface area (Å²) in [5.74, 6) is 0.0600. The van der Waals surface area contributed by atoms with Gasteiger partial charge in [-0.05, 0) is 48.6 Å². The Morgan fingerprint density at radius 1 is 1.00 bits per heavy atom. The lowest BCUT2D eigenvalue weighted by Crippen LogP contribution is -2.51. The Bertz CT molecular complexity index is 1080. The van der Waals surface area contributed by atoms with Crippen LogP contribution in [0.3, 0.4) is 0 Å². The van der Waals surface area contributed by atoms with Crippen LogP contribution in [0.2, 0.25) is 5.02 Å². The van der Waals surface area contributed by atoms with Gasteiger partial charge in [-0.15, -0.1) is 0 Å². The lowest BCUT2D eigenvalue weighted by atomic mass is 9.89. The van der Waals surface area contributed by atoms with Crippen LogP contribution in [-0.4, -0.2) is 92.2 Å². The fourth-order valence-electron chi connectivity index (χ4n) is 4.75. The third-order valence-electron chi connectivity index (χ3n) is 6.79. The molecule has 4 rings (SSSR count). The molecule has 2 saturated heterocycles. The van der Waals surface area contributed by atoms with Crippen molar-refractivity contribution in [3.8, 4) is 0 Å². The first-order valence-electron chi connectivity index (χ1n) is 12.0. The lowest BCUT2D eigenvalue weighted by Gasteiger charge is -2.39. The molecule has 0 aromatic heterocycles. The van der Waals surface area contributed by atoms with Gasteiger partial charge in [0.05, 0.1) is 17.5 Å². The van der Waals surface area contributed by atoms with Gasteiger partial charge in [0, 0.05) is 44.3 Å². The molecular formula is C25H32ClN3O5S. The van der Waals surface area contributed by atoms with E-state index >= 15 is 0 Å². The monoisotopic (exact) mass is 521 g/mol. The molecule has 2 aromatic rings. The summed E-state index contributed by atoms with van der Waals surface area (Å²) in [5.41, 5.74) is 1.10.